The van der Waals surface area contributed by atoms with Crippen LogP contribution < -0.4 is 10.6 Å². The van der Waals surface area contributed by atoms with E-state index in [9.17, 15) is 9.59 Å². The molecule has 0 radical (unpaired) electrons. The SMILES string of the molecule is CCNC(=O)CNC(=O)/C=C/c1ccc(C)cc1Br. The van der Waals surface area contributed by atoms with Crippen molar-refractivity contribution in [3.05, 3.63) is 39.9 Å². The highest BCUT2D eigenvalue weighted by Gasteiger charge is 2.02. The van der Waals surface area contributed by atoms with Crippen LogP contribution in [-0.4, -0.2) is 24.9 Å². The highest BCUT2D eigenvalue weighted by Crippen LogP contribution is 2.19. The van der Waals surface area contributed by atoms with Crippen LogP contribution in [0.25, 0.3) is 6.08 Å². The van der Waals surface area contributed by atoms with Gasteiger partial charge < -0.3 is 10.6 Å². The second kappa shape index (κ2) is 7.74. The molecule has 0 unspecified atom stereocenters. The zero-order valence-corrected chi connectivity index (χ0v) is 12.6. The molecule has 0 atom stereocenters. The van der Waals surface area contributed by atoms with Gasteiger partial charge in [-0.2, -0.15) is 0 Å². The van der Waals surface area contributed by atoms with Gasteiger partial charge in [-0.3, -0.25) is 9.59 Å². The minimum absolute atomic E-state index is 0.00786. The molecule has 0 aliphatic carbocycles. The normalized spacial score (nSPS) is 10.5. The second-order valence-electron chi connectivity index (χ2n) is 4.03. The van der Waals surface area contributed by atoms with E-state index in [1.807, 2.05) is 32.0 Å². The zero-order chi connectivity index (χ0) is 14.3. The van der Waals surface area contributed by atoms with Gasteiger partial charge in [0.25, 0.3) is 0 Å². The van der Waals surface area contributed by atoms with Crippen molar-refractivity contribution in [2.24, 2.45) is 0 Å². The average Bonchev–Trinajstić information content (AvgIpc) is 2.35. The summed E-state index contributed by atoms with van der Waals surface area (Å²) < 4.78 is 0.931. The van der Waals surface area contributed by atoms with Crippen molar-refractivity contribution in [2.75, 3.05) is 13.1 Å². The Labute approximate surface area is 121 Å². The summed E-state index contributed by atoms with van der Waals surface area (Å²) in [5, 5.41) is 5.12. The van der Waals surface area contributed by atoms with Gasteiger partial charge in [-0.1, -0.05) is 28.1 Å². The number of benzene rings is 1. The molecule has 0 aliphatic rings. The van der Waals surface area contributed by atoms with Gasteiger partial charge in [0.2, 0.25) is 11.8 Å². The van der Waals surface area contributed by atoms with E-state index < -0.39 is 0 Å². The van der Waals surface area contributed by atoms with Crippen molar-refractivity contribution >= 4 is 33.8 Å². The number of carbonyl (C=O) groups excluding carboxylic acids is 2. The van der Waals surface area contributed by atoms with Gasteiger partial charge in [0.05, 0.1) is 6.54 Å². The summed E-state index contributed by atoms with van der Waals surface area (Å²) in [6.07, 6.45) is 3.12. The maximum Gasteiger partial charge on any atom is 0.244 e. The average molecular weight is 325 g/mol. The lowest BCUT2D eigenvalue weighted by atomic mass is 10.1. The van der Waals surface area contributed by atoms with Crippen LogP contribution in [0.5, 0.6) is 0 Å². The van der Waals surface area contributed by atoms with Crippen molar-refractivity contribution in [1.29, 1.82) is 0 Å². The number of halogens is 1. The summed E-state index contributed by atoms with van der Waals surface area (Å²) in [4.78, 5) is 22.7. The van der Waals surface area contributed by atoms with Crippen LogP contribution in [0, 0.1) is 6.92 Å². The molecular formula is C14H17BrN2O2. The van der Waals surface area contributed by atoms with Crippen molar-refractivity contribution in [1.82, 2.24) is 10.6 Å². The van der Waals surface area contributed by atoms with Gasteiger partial charge in [-0.05, 0) is 37.1 Å². The smallest absolute Gasteiger partial charge is 0.244 e. The third kappa shape index (κ3) is 5.70. The van der Waals surface area contributed by atoms with Gasteiger partial charge in [0.1, 0.15) is 0 Å². The summed E-state index contributed by atoms with van der Waals surface area (Å²) in [6, 6.07) is 5.87. The van der Waals surface area contributed by atoms with Crippen LogP contribution in [-0.2, 0) is 9.59 Å². The first-order chi connectivity index (χ1) is 9.02. The van der Waals surface area contributed by atoms with Crippen molar-refractivity contribution < 1.29 is 9.59 Å². The summed E-state index contributed by atoms with van der Waals surface area (Å²) in [7, 11) is 0. The molecule has 2 N–H and O–H groups in total. The molecule has 1 aromatic carbocycles. The monoisotopic (exact) mass is 324 g/mol. The Morgan fingerprint density at radius 1 is 1.32 bits per heavy atom. The minimum atomic E-state index is -0.293. The lowest BCUT2D eigenvalue weighted by molar-refractivity contribution is -0.123. The molecule has 0 saturated carbocycles. The Balaban J connectivity index is 2.52. The standard InChI is InChI=1S/C14H17BrN2O2/c1-3-16-14(19)9-17-13(18)7-6-11-5-4-10(2)8-12(11)15/h4-8H,3,9H2,1-2H3,(H,16,19)(H,17,18)/b7-6+. The maximum absolute atomic E-state index is 11.5. The van der Waals surface area contributed by atoms with E-state index in [2.05, 4.69) is 26.6 Å². The number of nitrogens with one attached hydrogen (secondary N) is 2. The summed E-state index contributed by atoms with van der Waals surface area (Å²) in [5.74, 6) is -0.487. The molecule has 0 heterocycles. The molecule has 2 amide bonds. The lowest BCUT2D eigenvalue weighted by Crippen LogP contribution is -2.35. The Bertz CT molecular complexity index is 498. The van der Waals surface area contributed by atoms with Gasteiger partial charge >= 0.3 is 0 Å². The van der Waals surface area contributed by atoms with Crippen LogP contribution in [0.1, 0.15) is 18.1 Å². The molecule has 0 aromatic heterocycles. The predicted molar refractivity (Wildman–Crippen MR) is 79.6 cm³/mol. The molecule has 0 spiro atoms. The van der Waals surface area contributed by atoms with Crippen LogP contribution in [0.3, 0.4) is 0 Å². The molecule has 0 aliphatic heterocycles. The molecule has 1 aromatic rings. The Kier molecular flexibility index (Phi) is 6.29. The third-order valence-electron chi connectivity index (χ3n) is 2.37. The van der Waals surface area contributed by atoms with Gasteiger partial charge in [-0.15, -0.1) is 0 Å². The van der Waals surface area contributed by atoms with Crippen molar-refractivity contribution in [3.63, 3.8) is 0 Å². The number of amides is 2. The van der Waals surface area contributed by atoms with Crippen molar-refractivity contribution in [3.8, 4) is 0 Å². The minimum Gasteiger partial charge on any atom is -0.355 e. The van der Waals surface area contributed by atoms with E-state index in [4.69, 9.17) is 0 Å². The van der Waals surface area contributed by atoms with Gasteiger partial charge in [0.15, 0.2) is 0 Å². The Hall–Kier alpha value is -1.62. The fourth-order valence-electron chi connectivity index (χ4n) is 1.42. The highest BCUT2D eigenvalue weighted by atomic mass is 79.9. The fraction of sp³-hybridized carbons (Fsp3) is 0.286. The number of likely N-dealkylation sites (N-methyl/N-ethyl adjacent to an activating group) is 1. The molecule has 1 rings (SSSR count). The lowest BCUT2D eigenvalue weighted by Gasteiger charge is -2.03. The van der Waals surface area contributed by atoms with Gasteiger partial charge in [-0.25, -0.2) is 0 Å². The molecule has 19 heavy (non-hydrogen) atoms. The van der Waals surface area contributed by atoms with Crippen molar-refractivity contribution in [2.45, 2.75) is 13.8 Å². The molecule has 4 nitrogen and oxygen atoms in total. The molecule has 0 bridgehead atoms. The van der Waals surface area contributed by atoms with Crippen LogP contribution >= 0.6 is 15.9 Å². The first-order valence-electron chi connectivity index (χ1n) is 6.01. The molecule has 0 saturated heterocycles. The number of hydrogen-bond acceptors (Lipinski definition) is 2. The Morgan fingerprint density at radius 3 is 2.68 bits per heavy atom. The third-order valence-corrected chi connectivity index (χ3v) is 3.05. The molecule has 102 valence electrons. The highest BCUT2D eigenvalue weighted by molar-refractivity contribution is 9.10. The first kappa shape index (κ1) is 15.4. The quantitative estimate of drug-likeness (QED) is 0.814. The predicted octanol–water partition coefficient (Wildman–Crippen LogP) is 2.02. The topological polar surface area (TPSA) is 58.2 Å². The van der Waals surface area contributed by atoms with E-state index in [-0.39, 0.29) is 18.4 Å². The van der Waals surface area contributed by atoms with E-state index in [1.54, 1.807) is 6.08 Å². The largest absolute Gasteiger partial charge is 0.355 e. The van der Waals surface area contributed by atoms with Crippen LogP contribution in [0.2, 0.25) is 0 Å². The van der Waals surface area contributed by atoms with Gasteiger partial charge in [0, 0.05) is 17.1 Å². The molecular weight excluding hydrogens is 308 g/mol. The summed E-state index contributed by atoms with van der Waals surface area (Å²) >= 11 is 3.43. The first-order valence-corrected chi connectivity index (χ1v) is 6.81. The zero-order valence-electron chi connectivity index (χ0n) is 11.0. The van der Waals surface area contributed by atoms with E-state index in [0.29, 0.717) is 6.54 Å². The van der Waals surface area contributed by atoms with Crippen LogP contribution in [0.4, 0.5) is 0 Å². The Morgan fingerprint density at radius 2 is 2.05 bits per heavy atom. The second-order valence-corrected chi connectivity index (χ2v) is 4.88. The maximum atomic E-state index is 11.5. The molecule has 0 fully saturated rings. The van der Waals surface area contributed by atoms with E-state index >= 15 is 0 Å². The number of carbonyl (C=O) groups is 2. The molecule has 5 heteroatoms. The van der Waals surface area contributed by atoms with E-state index in [1.165, 1.54) is 6.08 Å². The summed E-state index contributed by atoms with van der Waals surface area (Å²) in [6.45, 7) is 4.37. The number of rotatable bonds is 5. The number of aryl methyl sites for hydroxylation is 1. The van der Waals surface area contributed by atoms with Crippen LogP contribution in [0.15, 0.2) is 28.7 Å². The summed E-state index contributed by atoms with van der Waals surface area (Å²) in [5.41, 5.74) is 2.06. The fourth-order valence-corrected chi connectivity index (χ4v) is 2.04. The number of hydrogen-bond donors (Lipinski definition) is 2. The van der Waals surface area contributed by atoms with E-state index in [0.717, 1.165) is 15.6 Å².